The average Bonchev–Trinajstić information content (AvgIpc) is 2.65. The van der Waals surface area contributed by atoms with Gasteiger partial charge >= 0.3 is 23.9 Å². The number of hydrogen-bond acceptors (Lipinski definition) is 0. The van der Waals surface area contributed by atoms with E-state index in [0.29, 0.717) is 11.1 Å². The standard InChI is InChI=1S/C22H15F9/c1-14-7-3-5-9-16(14)11-12-17(18-10-6-4-8-15(18)2)13-19(23,24)20(25,26)21(27,28)22(29,30)31/h3-10,13H,1-2H3/b17-13+. The minimum atomic E-state index is -6.97. The molecular formula is C22H15F9. The molecule has 0 saturated carbocycles. The highest BCUT2D eigenvalue weighted by Crippen LogP contribution is 2.54. The smallest absolute Gasteiger partial charge is 0.195 e. The van der Waals surface area contributed by atoms with Gasteiger partial charge in [-0.05, 0) is 36.6 Å². The van der Waals surface area contributed by atoms with Crippen LogP contribution in [0.25, 0.3) is 5.57 Å². The first-order valence-electron chi connectivity index (χ1n) is 8.68. The predicted octanol–water partition coefficient (Wildman–Crippen LogP) is 7.21. The van der Waals surface area contributed by atoms with Crippen LogP contribution in [0.5, 0.6) is 0 Å². The molecule has 2 rings (SSSR count). The summed E-state index contributed by atoms with van der Waals surface area (Å²) in [5.41, 5.74) is 0.283. The van der Waals surface area contributed by atoms with Crippen LogP contribution in [0.1, 0.15) is 22.3 Å². The van der Waals surface area contributed by atoms with E-state index in [1.54, 1.807) is 25.1 Å². The average molecular weight is 450 g/mol. The Kier molecular flexibility index (Phi) is 6.55. The number of rotatable bonds is 4. The summed E-state index contributed by atoms with van der Waals surface area (Å²) in [5.74, 6) is -14.9. The van der Waals surface area contributed by atoms with E-state index >= 15 is 0 Å². The quantitative estimate of drug-likeness (QED) is 0.341. The summed E-state index contributed by atoms with van der Waals surface area (Å²) < 4.78 is 120. The third-order valence-electron chi connectivity index (χ3n) is 4.41. The molecule has 0 bridgehead atoms. The molecule has 0 amide bonds. The molecule has 0 unspecified atom stereocenters. The van der Waals surface area contributed by atoms with E-state index < -0.39 is 35.6 Å². The molecule has 0 aliphatic heterocycles. The Hall–Kier alpha value is -2.89. The largest absolute Gasteiger partial charge is 0.460 e. The lowest BCUT2D eigenvalue weighted by Gasteiger charge is -2.32. The van der Waals surface area contributed by atoms with Crippen molar-refractivity contribution in [2.24, 2.45) is 0 Å². The Morgan fingerprint density at radius 2 is 1.23 bits per heavy atom. The van der Waals surface area contributed by atoms with Crippen molar-refractivity contribution in [3.8, 4) is 11.8 Å². The summed E-state index contributed by atoms with van der Waals surface area (Å²) in [6, 6.07) is 11.8. The summed E-state index contributed by atoms with van der Waals surface area (Å²) >= 11 is 0. The first kappa shape index (κ1) is 24.4. The van der Waals surface area contributed by atoms with Crippen molar-refractivity contribution in [3.63, 3.8) is 0 Å². The van der Waals surface area contributed by atoms with Crippen LogP contribution in [0.15, 0.2) is 54.6 Å². The molecule has 0 fully saturated rings. The molecule has 31 heavy (non-hydrogen) atoms. The van der Waals surface area contributed by atoms with Gasteiger partial charge in [0, 0.05) is 17.2 Å². The van der Waals surface area contributed by atoms with Crippen molar-refractivity contribution < 1.29 is 39.5 Å². The van der Waals surface area contributed by atoms with E-state index in [2.05, 4.69) is 11.8 Å². The number of allylic oxidation sites excluding steroid dienone is 2. The molecule has 0 heterocycles. The molecule has 0 aliphatic carbocycles. The summed E-state index contributed by atoms with van der Waals surface area (Å²) in [4.78, 5) is 0. The number of benzene rings is 2. The molecule has 0 aliphatic rings. The molecule has 0 spiro atoms. The van der Waals surface area contributed by atoms with Gasteiger partial charge in [0.1, 0.15) is 0 Å². The second kappa shape index (κ2) is 8.33. The maximum atomic E-state index is 14.2. The second-order valence-corrected chi connectivity index (χ2v) is 6.71. The lowest BCUT2D eigenvalue weighted by atomic mass is 9.95. The predicted molar refractivity (Wildman–Crippen MR) is 98.1 cm³/mol. The third-order valence-corrected chi connectivity index (χ3v) is 4.41. The molecule has 0 aromatic heterocycles. The van der Waals surface area contributed by atoms with Crippen LogP contribution in [0.2, 0.25) is 0 Å². The maximum absolute atomic E-state index is 14.2. The maximum Gasteiger partial charge on any atom is 0.460 e. The topological polar surface area (TPSA) is 0 Å². The summed E-state index contributed by atoms with van der Waals surface area (Å²) in [6.45, 7) is 3.05. The van der Waals surface area contributed by atoms with Crippen LogP contribution < -0.4 is 0 Å². The molecule has 166 valence electrons. The number of alkyl halides is 9. The summed E-state index contributed by atoms with van der Waals surface area (Å²) in [6.07, 6.45) is -7.52. The number of aryl methyl sites for hydroxylation is 2. The van der Waals surface area contributed by atoms with Crippen molar-refractivity contribution in [2.45, 2.75) is 37.8 Å². The minimum Gasteiger partial charge on any atom is -0.195 e. The van der Waals surface area contributed by atoms with E-state index in [1.165, 1.54) is 37.3 Å². The Morgan fingerprint density at radius 3 is 1.74 bits per heavy atom. The molecule has 0 N–H and O–H groups in total. The van der Waals surface area contributed by atoms with Gasteiger partial charge in [-0.15, -0.1) is 0 Å². The van der Waals surface area contributed by atoms with Gasteiger partial charge in [-0.3, -0.25) is 0 Å². The second-order valence-electron chi connectivity index (χ2n) is 6.71. The zero-order valence-electron chi connectivity index (χ0n) is 16.1. The van der Waals surface area contributed by atoms with Crippen molar-refractivity contribution in [1.29, 1.82) is 0 Å². The first-order chi connectivity index (χ1) is 14.1. The summed E-state index contributed by atoms with van der Waals surface area (Å²) in [5, 5.41) is 0. The van der Waals surface area contributed by atoms with E-state index in [4.69, 9.17) is 0 Å². The van der Waals surface area contributed by atoms with Crippen LogP contribution in [0, 0.1) is 25.7 Å². The molecule has 0 radical (unpaired) electrons. The van der Waals surface area contributed by atoms with Gasteiger partial charge < -0.3 is 0 Å². The van der Waals surface area contributed by atoms with Gasteiger partial charge in [0.25, 0.3) is 0 Å². The van der Waals surface area contributed by atoms with Gasteiger partial charge in [-0.1, -0.05) is 54.3 Å². The zero-order valence-corrected chi connectivity index (χ0v) is 16.1. The van der Waals surface area contributed by atoms with Gasteiger partial charge in [0.15, 0.2) is 0 Å². The molecule has 0 saturated heterocycles. The number of hydrogen-bond donors (Lipinski definition) is 0. The molecule has 9 heteroatoms. The Labute approximate surface area is 172 Å². The lowest BCUT2D eigenvalue weighted by molar-refractivity contribution is -0.388. The highest BCUT2D eigenvalue weighted by Gasteiger charge is 2.81. The van der Waals surface area contributed by atoms with Gasteiger partial charge in [0.2, 0.25) is 0 Å². The van der Waals surface area contributed by atoms with Crippen LogP contribution in [0.4, 0.5) is 39.5 Å². The minimum absolute atomic E-state index is 0.116. The van der Waals surface area contributed by atoms with E-state index in [9.17, 15) is 39.5 Å². The van der Waals surface area contributed by atoms with Crippen molar-refractivity contribution >= 4 is 5.57 Å². The Bertz CT molecular complexity index is 1030. The molecule has 0 nitrogen and oxygen atoms in total. The summed E-state index contributed by atoms with van der Waals surface area (Å²) in [7, 11) is 0. The highest BCUT2D eigenvalue weighted by molar-refractivity contribution is 5.82. The van der Waals surface area contributed by atoms with Gasteiger partial charge in [-0.25, -0.2) is 0 Å². The fourth-order valence-corrected chi connectivity index (χ4v) is 2.56. The van der Waals surface area contributed by atoms with Crippen molar-refractivity contribution in [2.75, 3.05) is 0 Å². The van der Waals surface area contributed by atoms with E-state index in [1.807, 2.05) is 0 Å². The monoisotopic (exact) mass is 450 g/mol. The highest BCUT2D eigenvalue weighted by atomic mass is 19.4. The van der Waals surface area contributed by atoms with Crippen LogP contribution in [0.3, 0.4) is 0 Å². The molecule has 2 aromatic rings. The number of halogens is 9. The molecular weight excluding hydrogens is 435 g/mol. The molecule has 2 aromatic carbocycles. The SMILES string of the molecule is Cc1ccccc1C#C/C(=C\C(F)(F)C(F)(F)C(F)(F)C(F)(F)F)c1ccccc1C. The zero-order chi connectivity index (χ0) is 23.7. The van der Waals surface area contributed by atoms with Crippen molar-refractivity contribution in [3.05, 3.63) is 76.9 Å². The third kappa shape index (κ3) is 4.73. The molecule has 0 atom stereocenters. The Balaban J connectivity index is 2.69. The van der Waals surface area contributed by atoms with Crippen LogP contribution in [-0.4, -0.2) is 23.9 Å². The van der Waals surface area contributed by atoms with Crippen LogP contribution >= 0.6 is 0 Å². The first-order valence-corrected chi connectivity index (χ1v) is 8.68. The Morgan fingerprint density at radius 1 is 0.710 bits per heavy atom. The van der Waals surface area contributed by atoms with Crippen molar-refractivity contribution in [1.82, 2.24) is 0 Å². The van der Waals surface area contributed by atoms with Gasteiger partial charge in [0.05, 0.1) is 0 Å². The van der Waals surface area contributed by atoms with E-state index in [0.717, 1.165) is 0 Å². The lowest BCUT2D eigenvalue weighted by Crippen LogP contribution is -2.60. The fraction of sp³-hybridized carbons (Fsp3) is 0.273. The normalized spacial score (nSPS) is 13.6. The fourth-order valence-electron chi connectivity index (χ4n) is 2.56. The van der Waals surface area contributed by atoms with Gasteiger partial charge in [-0.2, -0.15) is 39.5 Å². The van der Waals surface area contributed by atoms with Crippen LogP contribution in [-0.2, 0) is 0 Å². The van der Waals surface area contributed by atoms with E-state index in [-0.39, 0.29) is 11.1 Å².